The van der Waals surface area contributed by atoms with E-state index in [-0.39, 0.29) is 11.2 Å². The fourth-order valence-corrected chi connectivity index (χ4v) is 2.78. The van der Waals surface area contributed by atoms with Crippen molar-refractivity contribution in [1.82, 2.24) is 4.98 Å². The lowest BCUT2D eigenvalue weighted by molar-refractivity contribution is -0.115. The summed E-state index contributed by atoms with van der Waals surface area (Å²) in [5.74, 6) is -0.104. The number of hydrogen-bond donors (Lipinski definition) is 1. The van der Waals surface area contributed by atoms with Gasteiger partial charge in [-0.15, -0.1) is 11.8 Å². The van der Waals surface area contributed by atoms with Gasteiger partial charge in [0.15, 0.2) is 5.15 Å². The van der Waals surface area contributed by atoms with Crippen LogP contribution in [0, 0.1) is 0 Å². The lowest BCUT2D eigenvalue weighted by Gasteiger charge is -2.12. The first-order valence-electron chi connectivity index (χ1n) is 5.90. The first-order chi connectivity index (χ1) is 9.56. The van der Waals surface area contributed by atoms with Crippen LogP contribution in [0.5, 0.6) is 0 Å². The van der Waals surface area contributed by atoms with Gasteiger partial charge in [0.2, 0.25) is 5.91 Å². The number of benzene rings is 1. The van der Waals surface area contributed by atoms with Crippen molar-refractivity contribution in [3.05, 3.63) is 52.2 Å². The Balaban J connectivity index is 1.99. The molecule has 1 N–H and O–H groups in total. The third-order valence-corrected chi connectivity index (χ3v) is 4.45. The molecular weight excluding hydrogens is 360 g/mol. The van der Waals surface area contributed by atoms with E-state index < -0.39 is 0 Å². The zero-order valence-electron chi connectivity index (χ0n) is 10.6. The Labute approximate surface area is 135 Å². The highest BCUT2D eigenvalue weighted by molar-refractivity contribution is 9.10. The molecule has 0 bridgehead atoms. The summed E-state index contributed by atoms with van der Waals surface area (Å²) in [5, 5.41) is 2.84. The molecule has 0 unspecified atom stereocenters. The number of pyridine rings is 1. The van der Waals surface area contributed by atoms with Gasteiger partial charge in [-0.1, -0.05) is 27.5 Å². The molecule has 0 saturated carbocycles. The van der Waals surface area contributed by atoms with E-state index in [0.717, 1.165) is 9.37 Å². The highest BCUT2D eigenvalue weighted by atomic mass is 79.9. The topological polar surface area (TPSA) is 42.0 Å². The molecule has 0 spiro atoms. The van der Waals surface area contributed by atoms with Gasteiger partial charge in [0.05, 0.1) is 10.9 Å². The minimum absolute atomic E-state index is 0.104. The van der Waals surface area contributed by atoms with Crippen LogP contribution in [0.25, 0.3) is 0 Å². The fraction of sp³-hybridized carbons (Fsp3) is 0.143. The van der Waals surface area contributed by atoms with Gasteiger partial charge in [-0.05, 0) is 43.3 Å². The predicted molar refractivity (Wildman–Crippen MR) is 87.3 cm³/mol. The zero-order chi connectivity index (χ0) is 14.5. The maximum atomic E-state index is 12.1. The predicted octanol–water partition coefficient (Wildman–Crippen LogP) is 4.62. The van der Waals surface area contributed by atoms with E-state index in [1.807, 2.05) is 31.2 Å². The lowest BCUT2D eigenvalue weighted by Crippen LogP contribution is -2.22. The molecule has 0 aliphatic carbocycles. The summed E-state index contributed by atoms with van der Waals surface area (Å²) in [4.78, 5) is 17.1. The highest BCUT2D eigenvalue weighted by Gasteiger charge is 2.15. The molecule has 0 aliphatic rings. The summed E-state index contributed by atoms with van der Waals surface area (Å²) >= 11 is 10.8. The van der Waals surface area contributed by atoms with Crippen LogP contribution in [0.2, 0.25) is 5.15 Å². The van der Waals surface area contributed by atoms with E-state index in [0.29, 0.717) is 10.8 Å². The Kier molecular flexibility index (Phi) is 5.46. The highest BCUT2D eigenvalue weighted by Crippen LogP contribution is 2.26. The summed E-state index contributed by atoms with van der Waals surface area (Å²) in [5.41, 5.74) is 0.530. The van der Waals surface area contributed by atoms with Crippen LogP contribution in [-0.2, 0) is 4.79 Å². The maximum absolute atomic E-state index is 12.1. The SMILES string of the molecule is C[C@H](Sc1ccc(Br)cc1)C(=O)Nc1cccnc1Cl. The number of carbonyl (C=O) groups is 1. The van der Waals surface area contributed by atoms with Crippen LogP contribution in [-0.4, -0.2) is 16.1 Å². The van der Waals surface area contributed by atoms with Crippen LogP contribution in [0.4, 0.5) is 5.69 Å². The van der Waals surface area contributed by atoms with Gasteiger partial charge in [-0.25, -0.2) is 4.98 Å². The van der Waals surface area contributed by atoms with E-state index in [1.165, 1.54) is 11.8 Å². The molecule has 104 valence electrons. The Hall–Kier alpha value is -1.04. The van der Waals surface area contributed by atoms with E-state index in [4.69, 9.17) is 11.6 Å². The Morgan fingerprint density at radius 1 is 1.35 bits per heavy atom. The number of hydrogen-bond acceptors (Lipinski definition) is 3. The second-order valence-electron chi connectivity index (χ2n) is 4.05. The summed E-state index contributed by atoms with van der Waals surface area (Å²) in [7, 11) is 0. The monoisotopic (exact) mass is 370 g/mol. The molecule has 1 amide bonds. The molecule has 0 saturated heterocycles. The Morgan fingerprint density at radius 2 is 2.05 bits per heavy atom. The summed E-state index contributed by atoms with van der Waals surface area (Å²) in [6, 6.07) is 11.3. The molecule has 1 heterocycles. The van der Waals surface area contributed by atoms with Crippen LogP contribution >= 0.6 is 39.3 Å². The number of aromatic nitrogens is 1. The first kappa shape index (κ1) is 15.4. The molecule has 2 aromatic rings. The smallest absolute Gasteiger partial charge is 0.237 e. The number of halogens is 2. The molecule has 3 nitrogen and oxygen atoms in total. The maximum Gasteiger partial charge on any atom is 0.237 e. The van der Waals surface area contributed by atoms with Gasteiger partial charge in [-0.2, -0.15) is 0 Å². The minimum atomic E-state index is -0.229. The van der Waals surface area contributed by atoms with Crippen LogP contribution < -0.4 is 5.32 Å². The fourth-order valence-electron chi connectivity index (χ4n) is 1.48. The van der Waals surface area contributed by atoms with Crippen molar-refractivity contribution in [1.29, 1.82) is 0 Å². The number of nitrogens with zero attached hydrogens (tertiary/aromatic N) is 1. The quantitative estimate of drug-likeness (QED) is 0.630. The Morgan fingerprint density at radius 3 is 2.70 bits per heavy atom. The molecule has 6 heteroatoms. The van der Waals surface area contributed by atoms with Crippen molar-refractivity contribution in [3.63, 3.8) is 0 Å². The van der Waals surface area contributed by atoms with Gasteiger partial charge in [-0.3, -0.25) is 4.79 Å². The largest absolute Gasteiger partial charge is 0.322 e. The van der Waals surface area contributed by atoms with Crippen molar-refractivity contribution in [2.45, 2.75) is 17.1 Å². The number of anilines is 1. The van der Waals surface area contributed by atoms with Gasteiger partial charge in [0.25, 0.3) is 0 Å². The van der Waals surface area contributed by atoms with Gasteiger partial charge in [0.1, 0.15) is 0 Å². The normalized spacial score (nSPS) is 11.9. The molecule has 0 radical (unpaired) electrons. The molecule has 1 aromatic carbocycles. The molecule has 0 aliphatic heterocycles. The zero-order valence-corrected chi connectivity index (χ0v) is 13.8. The number of amides is 1. The number of rotatable bonds is 4. The summed E-state index contributed by atoms with van der Waals surface area (Å²) in [6.07, 6.45) is 1.58. The van der Waals surface area contributed by atoms with E-state index in [1.54, 1.807) is 18.3 Å². The van der Waals surface area contributed by atoms with Crippen molar-refractivity contribution in [3.8, 4) is 0 Å². The van der Waals surface area contributed by atoms with Crippen molar-refractivity contribution in [2.24, 2.45) is 0 Å². The van der Waals surface area contributed by atoms with Crippen molar-refractivity contribution in [2.75, 3.05) is 5.32 Å². The lowest BCUT2D eigenvalue weighted by atomic mass is 10.4. The molecule has 1 aromatic heterocycles. The van der Waals surface area contributed by atoms with Crippen molar-refractivity contribution < 1.29 is 4.79 Å². The molecule has 0 fully saturated rings. The summed E-state index contributed by atoms with van der Waals surface area (Å²) in [6.45, 7) is 1.85. The van der Waals surface area contributed by atoms with Crippen molar-refractivity contribution >= 4 is 50.9 Å². The average Bonchev–Trinajstić information content (AvgIpc) is 2.44. The van der Waals surface area contributed by atoms with Gasteiger partial charge < -0.3 is 5.32 Å². The third-order valence-electron chi connectivity index (χ3n) is 2.51. The molecular formula is C14H12BrClN2OS. The van der Waals surface area contributed by atoms with Crippen LogP contribution in [0.1, 0.15) is 6.92 Å². The number of thioether (sulfide) groups is 1. The third kappa shape index (κ3) is 4.23. The van der Waals surface area contributed by atoms with E-state index in [9.17, 15) is 4.79 Å². The number of carbonyl (C=O) groups excluding carboxylic acids is 1. The average molecular weight is 372 g/mol. The van der Waals surface area contributed by atoms with Crippen LogP contribution in [0.15, 0.2) is 52.0 Å². The second-order valence-corrected chi connectivity index (χ2v) is 6.73. The summed E-state index contributed by atoms with van der Waals surface area (Å²) < 4.78 is 1.01. The number of nitrogens with one attached hydrogen (secondary N) is 1. The Bertz CT molecular complexity index is 606. The molecule has 1 atom stereocenters. The van der Waals surface area contributed by atoms with Gasteiger partial charge in [0, 0.05) is 15.6 Å². The van der Waals surface area contributed by atoms with E-state index in [2.05, 4.69) is 26.2 Å². The van der Waals surface area contributed by atoms with E-state index >= 15 is 0 Å². The standard InChI is InChI=1S/C14H12BrClN2OS/c1-9(20-11-6-4-10(15)5-7-11)14(19)18-12-3-2-8-17-13(12)16/h2-9H,1H3,(H,18,19)/t9-/m0/s1. The second kappa shape index (κ2) is 7.11. The minimum Gasteiger partial charge on any atom is -0.322 e. The molecule has 20 heavy (non-hydrogen) atoms. The molecule has 2 rings (SSSR count). The van der Waals surface area contributed by atoms with Crippen LogP contribution in [0.3, 0.4) is 0 Å². The van der Waals surface area contributed by atoms with Gasteiger partial charge >= 0.3 is 0 Å². The first-order valence-corrected chi connectivity index (χ1v) is 7.95.